The zero-order valence-corrected chi connectivity index (χ0v) is 31.7. The highest BCUT2D eigenvalue weighted by atomic mass is 32.1. The second kappa shape index (κ2) is 13.8. The fourth-order valence-corrected chi connectivity index (χ4v) is 9.44. The van der Waals surface area contributed by atoms with Crippen molar-refractivity contribution in [1.82, 2.24) is 9.97 Å². The molecule has 0 aliphatic heterocycles. The Morgan fingerprint density at radius 1 is 0.298 bits per heavy atom. The molecule has 0 atom stereocenters. The van der Waals surface area contributed by atoms with Gasteiger partial charge < -0.3 is 0 Å². The molecule has 0 aliphatic rings. The highest BCUT2D eigenvalue weighted by molar-refractivity contribution is 7.26. The Bertz CT molecular complexity index is 3230. The van der Waals surface area contributed by atoms with Crippen LogP contribution in [0, 0.1) is 0 Å². The molecule has 11 aromatic rings. The van der Waals surface area contributed by atoms with Crippen LogP contribution in [0.2, 0.25) is 0 Å². The number of fused-ring (bicyclic) bond motifs is 6. The van der Waals surface area contributed by atoms with E-state index in [4.69, 9.17) is 9.97 Å². The predicted molar refractivity (Wildman–Crippen MR) is 243 cm³/mol. The number of benzene rings is 9. The van der Waals surface area contributed by atoms with Crippen LogP contribution in [0.25, 0.3) is 109 Å². The third-order valence-corrected chi connectivity index (χ3v) is 12.3. The number of thiophene rings is 1. The maximum absolute atomic E-state index is 5.28. The van der Waals surface area contributed by atoms with Crippen molar-refractivity contribution in [2.24, 2.45) is 0 Å². The fraction of sp³-hybridized carbons (Fsp3) is 0. The zero-order chi connectivity index (χ0) is 37.7. The van der Waals surface area contributed by atoms with Crippen LogP contribution in [-0.4, -0.2) is 9.97 Å². The molecular weight excluding hydrogens is 709 g/mol. The fourth-order valence-electron chi connectivity index (χ4n) is 8.20. The molecule has 2 nitrogen and oxygen atoms in total. The van der Waals surface area contributed by atoms with Crippen molar-refractivity contribution in [3.63, 3.8) is 0 Å². The summed E-state index contributed by atoms with van der Waals surface area (Å²) < 4.78 is 2.58. The van der Waals surface area contributed by atoms with Crippen LogP contribution in [0.4, 0.5) is 0 Å². The Kier molecular flexibility index (Phi) is 8.04. The molecule has 0 fully saturated rings. The van der Waals surface area contributed by atoms with E-state index in [0.29, 0.717) is 5.82 Å². The first-order valence-corrected chi connectivity index (χ1v) is 20.1. The van der Waals surface area contributed by atoms with Crippen molar-refractivity contribution in [2.45, 2.75) is 0 Å². The van der Waals surface area contributed by atoms with E-state index < -0.39 is 0 Å². The predicted octanol–water partition coefficient (Wildman–Crippen LogP) is 15.2. The van der Waals surface area contributed by atoms with Crippen molar-refractivity contribution in [2.75, 3.05) is 0 Å². The molecule has 9 aromatic carbocycles. The summed E-state index contributed by atoms with van der Waals surface area (Å²) in [7, 11) is 0. The van der Waals surface area contributed by atoms with Crippen LogP contribution >= 0.6 is 11.3 Å². The van der Waals surface area contributed by atoms with E-state index >= 15 is 0 Å². The third kappa shape index (κ3) is 6.06. The summed E-state index contributed by atoms with van der Waals surface area (Å²) >= 11 is 1.86. The molecule has 3 heteroatoms. The van der Waals surface area contributed by atoms with Crippen molar-refractivity contribution in [3.8, 4) is 67.3 Å². The lowest BCUT2D eigenvalue weighted by atomic mass is 9.92. The van der Waals surface area contributed by atoms with Gasteiger partial charge in [-0.05, 0) is 97.4 Å². The molecule has 0 unspecified atom stereocenters. The molecule has 11 rings (SSSR count). The Hall–Kier alpha value is -7.20. The first-order chi connectivity index (χ1) is 28.2. The molecule has 0 N–H and O–H groups in total. The van der Waals surface area contributed by atoms with Gasteiger partial charge in [-0.25, -0.2) is 9.97 Å². The number of nitrogens with zero attached hydrogens (tertiary/aromatic N) is 2. The maximum atomic E-state index is 5.28. The van der Waals surface area contributed by atoms with E-state index in [1.807, 2.05) is 35.6 Å². The summed E-state index contributed by atoms with van der Waals surface area (Å²) in [5.74, 6) is 0.705. The van der Waals surface area contributed by atoms with E-state index in [0.717, 1.165) is 44.8 Å². The molecule has 266 valence electrons. The van der Waals surface area contributed by atoms with Crippen LogP contribution in [-0.2, 0) is 0 Å². The van der Waals surface area contributed by atoms with Crippen molar-refractivity contribution in [1.29, 1.82) is 0 Å². The van der Waals surface area contributed by atoms with Gasteiger partial charge >= 0.3 is 0 Å². The molecule has 0 amide bonds. The van der Waals surface area contributed by atoms with Gasteiger partial charge in [0.2, 0.25) is 0 Å². The van der Waals surface area contributed by atoms with E-state index in [1.54, 1.807) is 0 Å². The van der Waals surface area contributed by atoms with Crippen LogP contribution in [0.5, 0.6) is 0 Å². The van der Waals surface area contributed by atoms with Gasteiger partial charge in [-0.15, -0.1) is 11.3 Å². The normalized spacial score (nSPS) is 11.5. The van der Waals surface area contributed by atoms with Gasteiger partial charge in [0.15, 0.2) is 5.82 Å². The smallest absolute Gasteiger partial charge is 0.160 e. The molecule has 0 aliphatic carbocycles. The molecule has 57 heavy (non-hydrogen) atoms. The second-order valence-corrected chi connectivity index (χ2v) is 15.6. The minimum absolute atomic E-state index is 0.705. The summed E-state index contributed by atoms with van der Waals surface area (Å²) in [6.45, 7) is 0. The third-order valence-electron chi connectivity index (χ3n) is 11.0. The number of rotatable bonds is 6. The molecule has 2 aromatic heterocycles. The topological polar surface area (TPSA) is 25.8 Å². The highest BCUT2D eigenvalue weighted by Crippen LogP contribution is 2.43. The average molecular weight is 743 g/mol. The molecule has 0 radical (unpaired) electrons. The van der Waals surface area contributed by atoms with Crippen molar-refractivity contribution >= 4 is 53.1 Å². The minimum Gasteiger partial charge on any atom is -0.228 e. The van der Waals surface area contributed by atoms with Crippen LogP contribution in [0.1, 0.15) is 0 Å². The summed E-state index contributed by atoms with van der Waals surface area (Å²) in [6.07, 6.45) is 0. The lowest BCUT2D eigenvalue weighted by Crippen LogP contribution is -1.96. The van der Waals surface area contributed by atoms with Gasteiger partial charge in [0.05, 0.1) is 11.4 Å². The molecule has 0 saturated heterocycles. The Balaban J connectivity index is 1.12. The van der Waals surface area contributed by atoms with Crippen molar-refractivity contribution in [3.05, 3.63) is 206 Å². The summed E-state index contributed by atoms with van der Waals surface area (Å²) in [4.78, 5) is 10.4. The quantitative estimate of drug-likeness (QED) is 0.159. The molecule has 2 heterocycles. The number of hydrogen-bond acceptors (Lipinski definition) is 3. The molecule has 0 spiro atoms. The number of hydrogen-bond donors (Lipinski definition) is 0. The Morgan fingerprint density at radius 3 is 1.67 bits per heavy atom. The summed E-state index contributed by atoms with van der Waals surface area (Å²) in [5, 5.41) is 7.62. The van der Waals surface area contributed by atoms with Gasteiger partial charge in [0, 0.05) is 36.9 Å². The van der Waals surface area contributed by atoms with Gasteiger partial charge in [0.25, 0.3) is 0 Å². The van der Waals surface area contributed by atoms with Crippen LogP contribution < -0.4 is 0 Å². The van der Waals surface area contributed by atoms with E-state index in [9.17, 15) is 0 Å². The Labute approximate surface area is 335 Å². The van der Waals surface area contributed by atoms with E-state index in [-0.39, 0.29) is 0 Å². The highest BCUT2D eigenvalue weighted by Gasteiger charge is 2.16. The monoisotopic (exact) mass is 742 g/mol. The standard InChI is InChI=1S/C54H34N2S/c1-3-14-37(15-4-1)50-34-51(56-54(55-50)38-16-5-2-6-17-38)44-31-42(30-43(32-44)46-22-12-23-48-47-21-9-10-24-52(47)57-53(46)48)40-19-11-18-39(29-40)41-28-27-36-26-25-35-13-7-8-20-45(35)49(36)33-41/h1-34H. The SMILES string of the molecule is c1ccc(-c2cc(-c3cc(-c4cccc(-c5ccc6ccc7ccccc7c6c5)c4)cc(-c4cccc5c4sc4ccccc45)c3)nc(-c3ccccc3)n2)cc1. The van der Waals surface area contributed by atoms with E-state index in [1.165, 1.54) is 58.4 Å². The lowest BCUT2D eigenvalue weighted by Gasteiger charge is -2.14. The van der Waals surface area contributed by atoms with Crippen LogP contribution in [0.3, 0.4) is 0 Å². The first-order valence-electron chi connectivity index (χ1n) is 19.3. The average Bonchev–Trinajstić information content (AvgIpc) is 3.68. The minimum atomic E-state index is 0.705. The summed E-state index contributed by atoms with van der Waals surface area (Å²) in [6, 6.07) is 74.1. The number of aromatic nitrogens is 2. The first kappa shape index (κ1) is 33.2. The molecule has 0 bridgehead atoms. The van der Waals surface area contributed by atoms with E-state index in [2.05, 4.69) is 182 Å². The van der Waals surface area contributed by atoms with Gasteiger partial charge in [-0.2, -0.15) is 0 Å². The zero-order valence-electron chi connectivity index (χ0n) is 30.9. The lowest BCUT2D eigenvalue weighted by molar-refractivity contribution is 1.18. The van der Waals surface area contributed by atoms with Crippen LogP contribution in [0.15, 0.2) is 206 Å². The second-order valence-electron chi connectivity index (χ2n) is 14.6. The maximum Gasteiger partial charge on any atom is 0.160 e. The van der Waals surface area contributed by atoms with Gasteiger partial charge in [-0.3, -0.25) is 0 Å². The Morgan fingerprint density at radius 2 is 0.842 bits per heavy atom. The largest absolute Gasteiger partial charge is 0.228 e. The van der Waals surface area contributed by atoms with Gasteiger partial charge in [-0.1, -0.05) is 164 Å². The molecular formula is C54H34N2S. The van der Waals surface area contributed by atoms with Gasteiger partial charge in [0.1, 0.15) is 0 Å². The summed E-state index contributed by atoms with van der Waals surface area (Å²) in [5.41, 5.74) is 11.9. The molecule has 0 saturated carbocycles. The van der Waals surface area contributed by atoms with Crippen molar-refractivity contribution < 1.29 is 0 Å².